The molecule has 0 spiro atoms. The lowest BCUT2D eigenvalue weighted by Gasteiger charge is -2.33. The van der Waals surface area contributed by atoms with Gasteiger partial charge in [0.15, 0.2) is 5.69 Å². The molecule has 0 unspecified atom stereocenters. The first-order valence-corrected chi connectivity index (χ1v) is 5.65. The van der Waals surface area contributed by atoms with Crippen LogP contribution in [0.25, 0.3) is 0 Å². The van der Waals surface area contributed by atoms with Gasteiger partial charge in [-0.1, -0.05) is 0 Å². The Kier molecular flexibility index (Phi) is 3.63. The number of nitrogens with zero attached hydrogens (tertiary/aromatic N) is 1. The highest BCUT2D eigenvalue weighted by molar-refractivity contribution is 5.87. The van der Waals surface area contributed by atoms with Gasteiger partial charge in [-0.3, -0.25) is 0 Å². The number of esters is 1. The molecule has 0 bridgehead atoms. The van der Waals surface area contributed by atoms with Gasteiger partial charge in [0, 0.05) is 13.2 Å². The Bertz CT molecular complexity index is 385. The van der Waals surface area contributed by atoms with Crippen molar-refractivity contribution in [3.8, 4) is 0 Å². The SMILES string of the molecule is CCOC(=O)c1coc(NC2CC(OC)C2)n1. The molecular formula is C11H16N2O4. The topological polar surface area (TPSA) is 73.6 Å². The predicted molar refractivity (Wildman–Crippen MR) is 59.9 cm³/mol. The van der Waals surface area contributed by atoms with E-state index in [1.807, 2.05) is 0 Å². The van der Waals surface area contributed by atoms with Crippen LogP contribution in [0.2, 0.25) is 0 Å². The molecule has 0 aromatic carbocycles. The first kappa shape index (κ1) is 11.9. The smallest absolute Gasteiger partial charge is 0.360 e. The third kappa shape index (κ3) is 2.76. The van der Waals surface area contributed by atoms with Gasteiger partial charge in [0.1, 0.15) is 6.26 Å². The fourth-order valence-corrected chi connectivity index (χ4v) is 1.69. The molecule has 1 aromatic rings. The third-order valence-corrected chi connectivity index (χ3v) is 2.74. The van der Waals surface area contributed by atoms with Crippen molar-refractivity contribution in [1.82, 2.24) is 4.98 Å². The number of ether oxygens (including phenoxy) is 2. The number of rotatable bonds is 5. The summed E-state index contributed by atoms with van der Waals surface area (Å²) in [4.78, 5) is 15.3. The Labute approximate surface area is 99.3 Å². The van der Waals surface area contributed by atoms with Crippen LogP contribution in [0.15, 0.2) is 10.7 Å². The van der Waals surface area contributed by atoms with Crippen LogP contribution in [0.3, 0.4) is 0 Å². The Balaban J connectivity index is 1.84. The summed E-state index contributed by atoms with van der Waals surface area (Å²) in [7, 11) is 1.70. The highest BCUT2D eigenvalue weighted by Crippen LogP contribution is 2.25. The van der Waals surface area contributed by atoms with E-state index in [0.717, 1.165) is 12.8 Å². The van der Waals surface area contributed by atoms with Gasteiger partial charge in [-0.2, -0.15) is 4.98 Å². The van der Waals surface area contributed by atoms with Crippen molar-refractivity contribution in [1.29, 1.82) is 0 Å². The standard InChI is InChI=1S/C11H16N2O4/c1-3-16-10(14)9-6-17-11(13-9)12-7-4-8(5-7)15-2/h6-8H,3-5H2,1-2H3,(H,12,13). The minimum Gasteiger partial charge on any atom is -0.461 e. The predicted octanol–water partition coefficient (Wildman–Crippen LogP) is 1.44. The second-order valence-electron chi connectivity index (χ2n) is 3.93. The Hall–Kier alpha value is -1.56. The maximum atomic E-state index is 11.3. The van der Waals surface area contributed by atoms with Crippen LogP contribution in [-0.4, -0.2) is 36.8 Å². The zero-order valence-electron chi connectivity index (χ0n) is 9.93. The van der Waals surface area contributed by atoms with E-state index >= 15 is 0 Å². The molecule has 1 fully saturated rings. The number of methoxy groups -OCH3 is 1. The quantitative estimate of drug-likeness (QED) is 0.785. The van der Waals surface area contributed by atoms with Gasteiger partial charge in [0.05, 0.1) is 12.7 Å². The van der Waals surface area contributed by atoms with Crippen LogP contribution in [0.5, 0.6) is 0 Å². The molecule has 1 aliphatic rings. The zero-order valence-corrected chi connectivity index (χ0v) is 9.93. The maximum Gasteiger partial charge on any atom is 0.360 e. The number of hydrogen-bond donors (Lipinski definition) is 1. The number of anilines is 1. The second-order valence-corrected chi connectivity index (χ2v) is 3.93. The van der Waals surface area contributed by atoms with E-state index in [4.69, 9.17) is 13.9 Å². The van der Waals surface area contributed by atoms with Crippen LogP contribution >= 0.6 is 0 Å². The van der Waals surface area contributed by atoms with Crippen molar-refractivity contribution in [3.05, 3.63) is 12.0 Å². The summed E-state index contributed by atoms with van der Waals surface area (Å²) >= 11 is 0. The number of aromatic nitrogens is 1. The van der Waals surface area contributed by atoms with Crippen LogP contribution in [-0.2, 0) is 9.47 Å². The van der Waals surface area contributed by atoms with Crippen LogP contribution in [0.1, 0.15) is 30.3 Å². The van der Waals surface area contributed by atoms with Crippen molar-refractivity contribution >= 4 is 12.0 Å². The lowest BCUT2D eigenvalue weighted by atomic mass is 9.89. The number of carbonyl (C=O) groups excluding carboxylic acids is 1. The second kappa shape index (κ2) is 5.18. The highest BCUT2D eigenvalue weighted by atomic mass is 16.5. The Morgan fingerprint density at radius 3 is 3.06 bits per heavy atom. The van der Waals surface area contributed by atoms with Gasteiger partial charge in [-0.15, -0.1) is 0 Å². The molecule has 1 saturated carbocycles. The molecule has 17 heavy (non-hydrogen) atoms. The van der Waals surface area contributed by atoms with Crippen molar-refractivity contribution in [2.24, 2.45) is 0 Å². The normalized spacial score (nSPS) is 22.9. The van der Waals surface area contributed by atoms with E-state index in [-0.39, 0.29) is 5.69 Å². The molecule has 0 radical (unpaired) electrons. The molecule has 2 rings (SSSR count). The summed E-state index contributed by atoms with van der Waals surface area (Å²) in [5.74, 6) is -0.465. The van der Waals surface area contributed by atoms with Gasteiger partial charge in [-0.25, -0.2) is 4.79 Å². The van der Waals surface area contributed by atoms with Crippen molar-refractivity contribution < 1.29 is 18.7 Å². The average molecular weight is 240 g/mol. The van der Waals surface area contributed by atoms with Crippen LogP contribution < -0.4 is 5.32 Å². The molecular weight excluding hydrogens is 224 g/mol. The fraction of sp³-hybridized carbons (Fsp3) is 0.636. The lowest BCUT2D eigenvalue weighted by molar-refractivity contribution is 0.0323. The van der Waals surface area contributed by atoms with E-state index < -0.39 is 5.97 Å². The van der Waals surface area contributed by atoms with Crippen molar-refractivity contribution in [2.45, 2.75) is 31.9 Å². The van der Waals surface area contributed by atoms with Crippen LogP contribution in [0.4, 0.5) is 6.01 Å². The molecule has 0 saturated heterocycles. The van der Waals surface area contributed by atoms with E-state index in [9.17, 15) is 4.79 Å². The molecule has 0 aliphatic heterocycles. The summed E-state index contributed by atoms with van der Waals surface area (Å²) in [6, 6.07) is 0.654. The van der Waals surface area contributed by atoms with Crippen molar-refractivity contribution in [2.75, 3.05) is 19.0 Å². The third-order valence-electron chi connectivity index (χ3n) is 2.74. The minimum atomic E-state index is -0.465. The lowest BCUT2D eigenvalue weighted by Crippen LogP contribution is -2.40. The van der Waals surface area contributed by atoms with E-state index in [1.54, 1.807) is 14.0 Å². The highest BCUT2D eigenvalue weighted by Gasteiger charge is 2.30. The van der Waals surface area contributed by atoms with Gasteiger partial charge in [-0.05, 0) is 19.8 Å². The van der Waals surface area contributed by atoms with Gasteiger partial charge in [0.2, 0.25) is 0 Å². The summed E-state index contributed by atoms with van der Waals surface area (Å²) in [6.45, 7) is 2.07. The van der Waals surface area contributed by atoms with E-state index in [0.29, 0.717) is 24.8 Å². The van der Waals surface area contributed by atoms with Gasteiger partial charge in [0.25, 0.3) is 6.01 Å². The monoisotopic (exact) mass is 240 g/mol. The molecule has 1 heterocycles. The average Bonchev–Trinajstić information content (AvgIpc) is 2.71. The molecule has 0 amide bonds. The molecule has 1 aromatic heterocycles. The Morgan fingerprint density at radius 1 is 1.65 bits per heavy atom. The molecule has 6 heteroatoms. The van der Waals surface area contributed by atoms with Gasteiger partial charge < -0.3 is 19.2 Å². The molecule has 0 atom stereocenters. The zero-order chi connectivity index (χ0) is 12.3. The summed E-state index contributed by atoms with van der Waals surface area (Å²) in [5.41, 5.74) is 0.192. The number of hydrogen-bond acceptors (Lipinski definition) is 6. The van der Waals surface area contributed by atoms with Crippen molar-refractivity contribution in [3.63, 3.8) is 0 Å². The molecule has 1 aliphatic carbocycles. The minimum absolute atomic E-state index is 0.192. The fourth-order valence-electron chi connectivity index (χ4n) is 1.69. The van der Waals surface area contributed by atoms with E-state index in [1.165, 1.54) is 6.26 Å². The maximum absolute atomic E-state index is 11.3. The Morgan fingerprint density at radius 2 is 2.41 bits per heavy atom. The summed E-state index contributed by atoms with van der Waals surface area (Å²) in [5, 5.41) is 3.09. The van der Waals surface area contributed by atoms with Gasteiger partial charge >= 0.3 is 5.97 Å². The van der Waals surface area contributed by atoms with Crippen LogP contribution in [0, 0.1) is 0 Å². The largest absolute Gasteiger partial charge is 0.461 e. The summed E-state index contributed by atoms with van der Waals surface area (Å²) < 4.78 is 15.1. The number of carbonyl (C=O) groups is 1. The molecule has 94 valence electrons. The van der Waals surface area contributed by atoms with E-state index in [2.05, 4.69) is 10.3 Å². The summed E-state index contributed by atoms with van der Waals surface area (Å²) in [6.07, 6.45) is 3.46. The number of nitrogens with one attached hydrogen (secondary N) is 1. The first-order valence-electron chi connectivity index (χ1n) is 5.65. The number of oxazole rings is 1. The molecule has 1 N–H and O–H groups in total. The first-order chi connectivity index (χ1) is 8.22. The molecule has 6 nitrogen and oxygen atoms in total.